The van der Waals surface area contributed by atoms with Crippen LogP contribution in [0.15, 0.2) is 54.6 Å². The summed E-state index contributed by atoms with van der Waals surface area (Å²) in [7, 11) is 1.88. The molecule has 2 aromatic carbocycles. The highest BCUT2D eigenvalue weighted by Gasteiger charge is 2.30. The van der Waals surface area contributed by atoms with Crippen molar-refractivity contribution in [3.8, 4) is 0 Å². The highest BCUT2D eigenvalue weighted by atomic mass is 16.5. The monoisotopic (exact) mass is 349 g/mol. The molecule has 1 heterocycles. The molecule has 2 unspecified atom stereocenters. The zero-order valence-corrected chi connectivity index (χ0v) is 15.9. The molecule has 0 spiro atoms. The van der Waals surface area contributed by atoms with Gasteiger partial charge in [-0.2, -0.15) is 0 Å². The Morgan fingerprint density at radius 1 is 0.923 bits per heavy atom. The molecule has 0 bridgehead atoms. The summed E-state index contributed by atoms with van der Waals surface area (Å²) in [5.41, 5.74) is 4.43. The second kappa shape index (κ2) is 8.37. The van der Waals surface area contributed by atoms with Crippen LogP contribution in [0.2, 0.25) is 0 Å². The largest absolute Gasteiger partial charge is 0.376 e. The van der Waals surface area contributed by atoms with E-state index in [1.807, 2.05) is 7.11 Å². The topological polar surface area (TPSA) is 12.5 Å². The van der Waals surface area contributed by atoms with Gasteiger partial charge in [0.15, 0.2) is 0 Å². The summed E-state index contributed by atoms with van der Waals surface area (Å²) in [5.74, 6) is 1.41. The van der Waals surface area contributed by atoms with Gasteiger partial charge >= 0.3 is 0 Å². The third-order valence-corrected chi connectivity index (χ3v) is 6.50. The minimum Gasteiger partial charge on any atom is -0.376 e. The SMILES string of the molecule is COC1c2ccccc2CCC1CCN1CCC(c2ccccc2)CC1. The van der Waals surface area contributed by atoms with Gasteiger partial charge in [0, 0.05) is 7.11 Å². The number of aryl methyl sites for hydroxylation is 1. The number of fused-ring (bicyclic) bond motifs is 1. The molecule has 2 nitrogen and oxygen atoms in total. The van der Waals surface area contributed by atoms with Gasteiger partial charge in [-0.3, -0.25) is 0 Å². The molecule has 1 saturated heterocycles. The lowest BCUT2D eigenvalue weighted by Gasteiger charge is -2.36. The van der Waals surface area contributed by atoms with Crippen LogP contribution in [0.1, 0.15) is 54.4 Å². The van der Waals surface area contributed by atoms with Crippen molar-refractivity contribution in [3.63, 3.8) is 0 Å². The third-order valence-electron chi connectivity index (χ3n) is 6.50. The van der Waals surface area contributed by atoms with E-state index < -0.39 is 0 Å². The minimum atomic E-state index is 0.279. The summed E-state index contributed by atoms with van der Waals surface area (Å²) in [6.07, 6.45) is 6.59. The second-order valence-electron chi connectivity index (χ2n) is 7.97. The Bertz CT molecular complexity index is 690. The van der Waals surface area contributed by atoms with Crippen molar-refractivity contribution < 1.29 is 4.74 Å². The van der Waals surface area contributed by atoms with Crippen molar-refractivity contribution >= 4 is 0 Å². The van der Waals surface area contributed by atoms with Crippen molar-refractivity contribution in [2.75, 3.05) is 26.7 Å². The lowest BCUT2D eigenvalue weighted by Crippen LogP contribution is -2.35. The van der Waals surface area contributed by atoms with Crippen LogP contribution in [-0.4, -0.2) is 31.6 Å². The molecular weight excluding hydrogens is 318 g/mol. The lowest BCUT2D eigenvalue weighted by atomic mass is 9.79. The first-order valence-electron chi connectivity index (χ1n) is 10.2. The molecule has 138 valence electrons. The number of ether oxygens (including phenoxy) is 1. The minimum absolute atomic E-state index is 0.279. The maximum Gasteiger partial charge on any atom is 0.0852 e. The van der Waals surface area contributed by atoms with Crippen molar-refractivity contribution in [2.45, 2.75) is 44.1 Å². The molecule has 0 amide bonds. The Kier molecular flexibility index (Phi) is 5.72. The number of likely N-dealkylation sites (tertiary alicyclic amines) is 1. The molecule has 2 atom stereocenters. The Labute approximate surface area is 158 Å². The van der Waals surface area contributed by atoms with Gasteiger partial charge in [-0.1, -0.05) is 54.6 Å². The summed E-state index contributed by atoms with van der Waals surface area (Å²) in [6.45, 7) is 3.69. The Morgan fingerprint density at radius 3 is 2.42 bits per heavy atom. The fourth-order valence-corrected chi connectivity index (χ4v) is 4.96. The molecule has 1 fully saturated rings. The number of rotatable bonds is 5. The molecule has 1 aliphatic heterocycles. The Hall–Kier alpha value is -1.64. The van der Waals surface area contributed by atoms with E-state index in [1.165, 1.54) is 68.4 Å². The van der Waals surface area contributed by atoms with Crippen LogP contribution in [0.5, 0.6) is 0 Å². The van der Waals surface area contributed by atoms with Crippen LogP contribution in [0.3, 0.4) is 0 Å². The molecule has 4 rings (SSSR count). The Morgan fingerprint density at radius 2 is 1.65 bits per heavy atom. The maximum absolute atomic E-state index is 5.93. The first kappa shape index (κ1) is 17.8. The maximum atomic E-state index is 5.93. The van der Waals surface area contributed by atoms with Crippen molar-refractivity contribution in [1.82, 2.24) is 4.90 Å². The number of benzene rings is 2. The van der Waals surface area contributed by atoms with Crippen LogP contribution >= 0.6 is 0 Å². The zero-order chi connectivity index (χ0) is 17.8. The number of hydrogen-bond acceptors (Lipinski definition) is 2. The van der Waals surface area contributed by atoms with Crippen molar-refractivity contribution in [3.05, 3.63) is 71.3 Å². The van der Waals surface area contributed by atoms with Gasteiger partial charge in [-0.25, -0.2) is 0 Å². The highest BCUT2D eigenvalue weighted by Crippen LogP contribution is 2.38. The first-order valence-corrected chi connectivity index (χ1v) is 10.2. The first-order chi connectivity index (χ1) is 12.8. The van der Waals surface area contributed by atoms with Gasteiger partial charge < -0.3 is 9.64 Å². The van der Waals surface area contributed by atoms with E-state index in [9.17, 15) is 0 Å². The molecule has 2 aromatic rings. The summed E-state index contributed by atoms with van der Waals surface area (Å²) in [5, 5.41) is 0. The van der Waals surface area contributed by atoms with Gasteiger partial charge in [0.25, 0.3) is 0 Å². The lowest BCUT2D eigenvalue weighted by molar-refractivity contribution is 0.0312. The molecule has 1 aliphatic carbocycles. The van der Waals surface area contributed by atoms with Gasteiger partial charge in [-0.15, -0.1) is 0 Å². The van der Waals surface area contributed by atoms with Crippen LogP contribution in [0, 0.1) is 5.92 Å². The number of hydrogen-bond donors (Lipinski definition) is 0. The predicted molar refractivity (Wildman–Crippen MR) is 107 cm³/mol. The summed E-state index contributed by atoms with van der Waals surface area (Å²) in [4.78, 5) is 2.67. The van der Waals surface area contributed by atoms with E-state index in [0.717, 1.165) is 5.92 Å². The summed E-state index contributed by atoms with van der Waals surface area (Å²) < 4.78 is 5.93. The van der Waals surface area contributed by atoms with Crippen LogP contribution in [0.25, 0.3) is 0 Å². The van der Waals surface area contributed by atoms with Gasteiger partial charge in [-0.05, 0) is 80.3 Å². The molecule has 2 aliphatic rings. The molecule has 0 N–H and O–H groups in total. The molecular formula is C24H31NO. The van der Waals surface area contributed by atoms with E-state index in [4.69, 9.17) is 4.74 Å². The van der Waals surface area contributed by atoms with E-state index in [-0.39, 0.29) is 6.10 Å². The number of methoxy groups -OCH3 is 1. The normalized spacial score (nSPS) is 24.3. The number of nitrogens with zero attached hydrogens (tertiary/aromatic N) is 1. The van der Waals surface area contributed by atoms with E-state index >= 15 is 0 Å². The van der Waals surface area contributed by atoms with Crippen LogP contribution in [0.4, 0.5) is 0 Å². The third kappa shape index (κ3) is 3.87. The highest BCUT2D eigenvalue weighted by molar-refractivity contribution is 5.32. The average Bonchev–Trinajstić information content (AvgIpc) is 2.72. The second-order valence-corrected chi connectivity index (χ2v) is 7.97. The quantitative estimate of drug-likeness (QED) is 0.735. The molecule has 0 aromatic heterocycles. The van der Waals surface area contributed by atoms with Gasteiger partial charge in [0.05, 0.1) is 6.10 Å². The molecule has 2 heteroatoms. The van der Waals surface area contributed by atoms with Crippen LogP contribution < -0.4 is 0 Å². The predicted octanol–water partition coefficient (Wildman–Crippen LogP) is 5.21. The zero-order valence-electron chi connectivity index (χ0n) is 15.9. The molecule has 26 heavy (non-hydrogen) atoms. The van der Waals surface area contributed by atoms with Crippen LogP contribution in [-0.2, 0) is 11.2 Å². The van der Waals surface area contributed by atoms with Gasteiger partial charge in [0.1, 0.15) is 0 Å². The smallest absolute Gasteiger partial charge is 0.0852 e. The fraction of sp³-hybridized carbons (Fsp3) is 0.500. The Balaban J connectivity index is 1.30. The van der Waals surface area contributed by atoms with E-state index in [2.05, 4.69) is 59.5 Å². The molecule has 0 radical (unpaired) electrons. The van der Waals surface area contributed by atoms with Gasteiger partial charge in [0.2, 0.25) is 0 Å². The summed E-state index contributed by atoms with van der Waals surface area (Å²) >= 11 is 0. The number of piperidine rings is 1. The van der Waals surface area contributed by atoms with E-state index in [1.54, 1.807) is 0 Å². The van der Waals surface area contributed by atoms with Crippen molar-refractivity contribution in [1.29, 1.82) is 0 Å². The van der Waals surface area contributed by atoms with Crippen molar-refractivity contribution in [2.24, 2.45) is 5.92 Å². The standard InChI is InChI=1S/C24H31NO/c1-26-24-22(12-11-21-9-5-6-10-23(21)24)15-18-25-16-13-20(14-17-25)19-7-3-2-4-8-19/h2-10,20,22,24H,11-18H2,1H3. The fourth-order valence-electron chi connectivity index (χ4n) is 4.96. The molecule has 0 saturated carbocycles. The van der Waals surface area contributed by atoms with E-state index in [0.29, 0.717) is 5.92 Å². The average molecular weight is 350 g/mol. The summed E-state index contributed by atoms with van der Waals surface area (Å²) in [6, 6.07) is 19.9.